The average Bonchev–Trinajstić information content (AvgIpc) is 3.84. The molecule has 1 spiro atoms. The van der Waals surface area contributed by atoms with Gasteiger partial charge in [0, 0.05) is 35.5 Å². The van der Waals surface area contributed by atoms with E-state index < -0.39 is 37.7 Å². The van der Waals surface area contributed by atoms with E-state index in [9.17, 15) is 14.7 Å². The summed E-state index contributed by atoms with van der Waals surface area (Å²) < 4.78 is 30.3. The van der Waals surface area contributed by atoms with E-state index in [1.54, 1.807) is 27.6 Å². The highest BCUT2D eigenvalue weighted by Crippen LogP contribution is 2.60. The Bertz CT molecular complexity index is 1800. The van der Waals surface area contributed by atoms with Gasteiger partial charge in [0.2, 0.25) is 8.41 Å². The first kappa shape index (κ1) is 32.2. The lowest BCUT2D eigenvalue weighted by atomic mass is 9.82. The number of benzene rings is 3. The Hall–Kier alpha value is -4.39. The summed E-state index contributed by atoms with van der Waals surface area (Å²) in [5, 5.41) is 18.8. The van der Waals surface area contributed by atoms with Gasteiger partial charge in [-0.05, 0) is 48.8 Å². The highest BCUT2D eigenvalue weighted by Gasteiger charge is 2.66. The number of carbonyl (C=O) groups excluding carboxylic acids is 2. The zero-order valence-electron chi connectivity index (χ0n) is 27.3. The number of hydrogen-bond acceptors (Lipinski definition) is 7. The van der Waals surface area contributed by atoms with Crippen LogP contribution in [0.5, 0.6) is 0 Å². The first-order valence-electron chi connectivity index (χ1n) is 16.5. The maximum Gasteiger partial charge on any atom is 0.414 e. The number of aliphatic hydroxyl groups is 1. The molecule has 10 nitrogen and oxygen atoms in total. The number of cyclic esters (lactones) is 1. The van der Waals surface area contributed by atoms with Crippen molar-refractivity contribution in [1.82, 2.24) is 15.0 Å². The van der Waals surface area contributed by atoms with E-state index in [0.29, 0.717) is 48.7 Å². The zero-order valence-corrected chi connectivity index (χ0v) is 28.3. The number of aryl methyl sites for hydroxylation is 1. The lowest BCUT2D eigenvalue weighted by molar-refractivity contribution is -0.146. The number of amides is 2. The fourth-order valence-electron chi connectivity index (χ4n) is 7.92. The SMILES string of the molecule is C[C@H]1[C@H]([Si](C)(C)F)[C@@H](CCn2cc(C(CO)c3ccccc3)nn2)O[C@]12C(=O)N(Cc1ccccc1)c1ccc(N3CCOC3=O)cc12. The van der Waals surface area contributed by atoms with E-state index in [-0.39, 0.29) is 25.0 Å². The third-order valence-electron chi connectivity index (χ3n) is 10.1. The van der Waals surface area contributed by atoms with Gasteiger partial charge in [0.05, 0.1) is 43.1 Å². The number of fused-ring (bicyclic) bond motifs is 2. The fourth-order valence-corrected chi connectivity index (χ4v) is 10.5. The Labute approximate surface area is 280 Å². The minimum absolute atomic E-state index is 0.115. The van der Waals surface area contributed by atoms with E-state index in [2.05, 4.69) is 10.3 Å². The molecule has 250 valence electrons. The Balaban J connectivity index is 1.22. The Morgan fingerprint density at radius 2 is 1.79 bits per heavy atom. The van der Waals surface area contributed by atoms with Crippen LogP contribution in [0.1, 0.15) is 41.6 Å². The molecule has 12 heteroatoms. The molecule has 1 aromatic heterocycles. The average molecular weight is 670 g/mol. The van der Waals surface area contributed by atoms with E-state index >= 15 is 4.11 Å². The zero-order chi connectivity index (χ0) is 33.6. The summed E-state index contributed by atoms with van der Waals surface area (Å²) in [6.45, 7) is 6.59. The van der Waals surface area contributed by atoms with Gasteiger partial charge in [0.15, 0.2) is 5.60 Å². The van der Waals surface area contributed by atoms with Crippen molar-refractivity contribution in [2.24, 2.45) is 5.92 Å². The summed E-state index contributed by atoms with van der Waals surface area (Å²) in [5.74, 6) is -1.02. The van der Waals surface area contributed by atoms with Crippen molar-refractivity contribution in [1.29, 1.82) is 0 Å². The first-order chi connectivity index (χ1) is 23.1. The van der Waals surface area contributed by atoms with Crippen LogP contribution in [0, 0.1) is 5.92 Å². The standard InChI is InChI=1S/C36H40FN5O5Si/c1-24-33(48(2,3)37)32(16-17-40-22-30(38-39-40)28(23-43)26-12-8-5-9-13-26)47-36(24)29-20-27(41-18-19-46-35(41)45)14-15-31(29)42(34(36)44)21-25-10-6-4-7-11-25/h4-15,20,22,24,28,32-33,43H,16-19,21,23H2,1-3H3/t24-,28?,32+,33-,36+/m0/s1. The second kappa shape index (κ2) is 12.6. The molecule has 2 saturated heterocycles. The molecule has 4 aromatic rings. The van der Waals surface area contributed by atoms with Gasteiger partial charge in [-0.25, -0.2) is 4.79 Å². The van der Waals surface area contributed by atoms with Gasteiger partial charge in [-0.15, -0.1) is 5.10 Å². The molecule has 48 heavy (non-hydrogen) atoms. The lowest BCUT2D eigenvalue weighted by Crippen LogP contribution is -2.45. The second-order valence-electron chi connectivity index (χ2n) is 13.5. The van der Waals surface area contributed by atoms with Crippen molar-refractivity contribution < 1.29 is 28.3 Å². The molecule has 0 aliphatic carbocycles. The number of ether oxygens (including phenoxy) is 2. The summed E-state index contributed by atoms with van der Waals surface area (Å²) >= 11 is 0. The predicted octanol–water partition coefficient (Wildman–Crippen LogP) is 5.77. The van der Waals surface area contributed by atoms with E-state index in [1.807, 2.05) is 92.0 Å². The maximum absolute atomic E-state index is 16.4. The van der Waals surface area contributed by atoms with Gasteiger partial charge in [-0.2, -0.15) is 0 Å². The minimum Gasteiger partial charge on any atom is -0.447 e. The molecule has 1 unspecified atom stereocenters. The smallest absolute Gasteiger partial charge is 0.414 e. The second-order valence-corrected chi connectivity index (χ2v) is 17.3. The van der Waals surface area contributed by atoms with E-state index in [0.717, 1.165) is 11.1 Å². The van der Waals surface area contributed by atoms with Crippen molar-refractivity contribution in [3.63, 3.8) is 0 Å². The number of hydrogen-bond donors (Lipinski definition) is 1. The van der Waals surface area contributed by atoms with Crippen molar-refractivity contribution in [3.05, 3.63) is 107 Å². The molecule has 0 bridgehead atoms. The number of aromatic nitrogens is 3. The van der Waals surface area contributed by atoms with Crippen LogP contribution < -0.4 is 9.80 Å². The first-order valence-corrected chi connectivity index (χ1v) is 19.4. The Morgan fingerprint density at radius 3 is 2.46 bits per heavy atom. The summed E-state index contributed by atoms with van der Waals surface area (Å²) in [7, 11) is -3.40. The molecule has 4 heterocycles. The molecule has 2 fully saturated rings. The van der Waals surface area contributed by atoms with Crippen molar-refractivity contribution >= 4 is 31.8 Å². The number of aliphatic hydroxyl groups excluding tert-OH is 1. The summed E-state index contributed by atoms with van der Waals surface area (Å²) in [6.07, 6.45) is 1.21. The van der Waals surface area contributed by atoms with Gasteiger partial charge in [-0.1, -0.05) is 72.8 Å². The lowest BCUT2D eigenvalue weighted by Gasteiger charge is -2.31. The van der Waals surface area contributed by atoms with Crippen molar-refractivity contribution in [2.75, 3.05) is 29.6 Å². The monoisotopic (exact) mass is 669 g/mol. The molecule has 0 radical (unpaired) electrons. The molecular weight excluding hydrogens is 630 g/mol. The molecule has 3 aromatic carbocycles. The van der Waals surface area contributed by atoms with Crippen molar-refractivity contribution in [2.45, 2.75) is 62.7 Å². The molecular formula is C36H40FN5O5Si. The number of rotatable bonds is 10. The van der Waals surface area contributed by atoms with Crippen LogP contribution in [-0.4, -0.2) is 66.4 Å². The Kier molecular flexibility index (Phi) is 8.42. The molecule has 0 saturated carbocycles. The number of nitrogens with zero attached hydrogens (tertiary/aromatic N) is 5. The quantitative estimate of drug-likeness (QED) is 0.169. The normalized spacial score (nSPS) is 24.4. The van der Waals surface area contributed by atoms with E-state index in [4.69, 9.17) is 9.47 Å². The van der Waals surface area contributed by atoms with Crippen LogP contribution in [0.2, 0.25) is 18.6 Å². The number of halogens is 1. The van der Waals surface area contributed by atoms with Crippen molar-refractivity contribution in [3.8, 4) is 0 Å². The number of carbonyl (C=O) groups is 2. The van der Waals surface area contributed by atoms with Gasteiger partial charge in [0.1, 0.15) is 6.61 Å². The molecule has 5 atom stereocenters. The summed E-state index contributed by atoms with van der Waals surface area (Å²) in [4.78, 5) is 30.6. The third-order valence-corrected chi connectivity index (χ3v) is 12.6. The van der Waals surface area contributed by atoms with Crippen LogP contribution in [0.4, 0.5) is 20.3 Å². The molecule has 3 aliphatic heterocycles. The van der Waals surface area contributed by atoms with Crippen LogP contribution in [-0.2, 0) is 33.0 Å². The number of anilines is 2. The maximum atomic E-state index is 16.4. The van der Waals surface area contributed by atoms with Gasteiger partial charge in [0.25, 0.3) is 5.91 Å². The highest BCUT2D eigenvalue weighted by atomic mass is 28.4. The largest absolute Gasteiger partial charge is 0.447 e. The minimum atomic E-state index is -3.40. The van der Waals surface area contributed by atoms with Gasteiger partial charge >= 0.3 is 6.09 Å². The van der Waals surface area contributed by atoms with E-state index in [1.165, 1.54) is 0 Å². The van der Waals surface area contributed by atoms with Crippen LogP contribution in [0.15, 0.2) is 85.1 Å². The van der Waals surface area contributed by atoms with Gasteiger partial charge in [-0.3, -0.25) is 14.4 Å². The van der Waals surface area contributed by atoms with Gasteiger partial charge < -0.3 is 23.6 Å². The Morgan fingerprint density at radius 1 is 1.06 bits per heavy atom. The molecule has 2 amide bonds. The summed E-state index contributed by atoms with van der Waals surface area (Å²) in [6, 6.07) is 25.0. The van der Waals surface area contributed by atoms with Crippen LogP contribution in [0.25, 0.3) is 0 Å². The summed E-state index contributed by atoms with van der Waals surface area (Å²) in [5.41, 5.74) is 2.57. The third kappa shape index (κ3) is 5.51. The predicted molar refractivity (Wildman–Crippen MR) is 181 cm³/mol. The topological polar surface area (TPSA) is 110 Å². The van der Waals surface area contributed by atoms with Crippen LogP contribution >= 0.6 is 0 Å². The molecule has 3 aliphatic rings. The highest BCUT2D eigenvalue weighted by molar-refractivity contribution is 6.72. The van der Waals surface area contributed by atoms with Crippen LogP contribution in [0.3, 0.4) is 0 Å². The molecule has 7 rings (SSSR count). The molecule has 1 N–H and O–H groups in total. The fraction of sp³-hybridized carbons (Fsp3) is 0.389.